The van der Waals surface area contributed by atoms with Crippen LogP contribution in [-0.2, 0) is 11.3 Å². The maximum atomic E-state index is 11.0. The van der Waals surface area contributed by atoms with Gasteiger partial charge >= 0.3 is 0 Å². The van der Waals surface area contributed by atoms with Gasteiger partial charge in [-0.25, -0.2) is 4.98 Å². The van der Waals surface area contributed by atoms with Crippen LogP contribution in [0.4, 0.5) is 5.13 Å². The van der Waals surface area contributed by atoms with Crippen LogP contribution in [0.15, 0.2) is 35.7 Å². The Morgan fingerprint density at radius 3 is 2.73 bits per heavy atom. The summed E-state index contributed by atoms with van der Waals surface area (Å²) in [5, 5.41) is 5.47. The second kappa shape index (κ2) is 7.03. The fourth-order valence-corrected chi connectivity index (χ4v) is 3.71. The summed E-state index contributed by atoms with van der Waals surface area (Å²) in [4.78, 5) is 17.9. The predicted molar refractivity (Wildman–Crippen MR) is 90.1 cm³/mol. The van der Waals surface area contributed by atoms with Gasteiger partial charge in [-0.1, -0.05) is 30.3 Å². The first-order valence-electron chi connectivity index (χ1n) is 7.70. The summed E-state index contributed by atoms with van der Waals surface area (Å²) >= 11 is 1.49. The molecule has 0 aliphatic carbocycles. The van der Waals surface area contributed by atoms with Crippen LogP contribution in [0, 0.1) is 0 Å². The summed E-state index contributed by atoms with van der Waals surface area (Å²) in [5.41, 5.74) is 2.51. The van der Waals surface area contributed by atoms with Crippen molar-refractivity contribution in [1.82, 2.24) is 9.88 Å². The molecule has 0 bridgehead atoms. The maximum absolute atomic E-state index is 11.0. The lowest BCUT2D eigenvalue weighted by molar-refractivity contribution is -0.114. The lowest BCUT2D eigenvalue weighted by Crippen LogP contribution is -2.32. The van der Waals surface area contributed by atoms with E-state index in [1.807, 2.05) is 5.38 Å². The van der Waals surface area contributed by atoms with Crippen LogP contribution in [0.2, 0.25) is 0 Å². The molecule has 0 spiro atoms. The van der Waals surface area contributed by atoms with Crippen molar-refractivity contribution in [3.8, 4) is 0 Å². The standard InChI is InChI=1S/C17H21N3OS/c1-13(21)18-17-19-16(12-22-17)11-20-9-7-15(8-10-20)14-5-3-2-4-6-14/h2-6,12,15H,7-11H2,1H3,(H,18,19,21). The molecular weight excluding hydrogens is 294 g/mol. The van der Waals surface area contributed by atoms with E-state index < -0.39 is 0 Å². The molecule has 0 radical (unpaired) electrons. The number of hydrogen-bond donors (Lipinski definition) is 1. The van der Waals surface area contributed by atoms with E-state index in [4.69, 9.17) is 0 Å². The highest BCUT2D eigenvalue weighted by molar-refractivity contribution is 7.13. The highest BCUT2D eigenvalue weighted by Crippen LogP contribution is 2.28. The number of hydrogen-bond acceptors (Lipinski definition) is 4. The fourth-order valence-electron chi connectivity index (χ4n) is 2.97. The Morgan fingerprint density at radius 2 is 2.05 bits per heavy atom. The Bertz CT molecular complexity index is 618. The summed E-state index contributed by atoms with van der Waals surface area (Å²) in [6.07, 6.45) is 2.40. The average molecular weight is 315 g/mol. The summed E-state index contributed by atoms with van der Waals surface area (Å²) in [6.45, 7) is 4.59. The Hall–Kier alpha value is -1.72. The summed E-state index contributed by atoms with van der Waals surface area (Å²) < 4.78 is 0. The van der Waals surface area contributed by atoms with Gasteiger partial charge in [-0.3, -0.25) is 9.69 Å². The van der Waals surface area contributed by atoms with Crippen LogP contribution in [0.5, 0.6) is 0 Å². The third-order valence-electron chi connectivity index (χ3n) is 4.08. The molecule has 1 aliphatic rings. The number of anilines is 1. The monoisotopic (exact) mass is 315 g/mol. The molecule has 22 heavy (non-hydrogen) atoms. The number of carbonyl (C=O) groups excluding carboxylic acids is 1. The number of piperidine rings is 1. The smallest absolute Gasteiger partial charge is 0.223 e. The first-order chi connectivity index (χ1) is 10.7. The number of rotatable bonds is 4. The maximum Gasteiger partial charge on any atom is 0.223 e. The van der Waals surface area contributed by atoms with E-state index in [0.717, 1.165) is 25.3 Å². The van der Waals surface area contributed by atoms with Crippen molar-refractivity contribution in [2.45, 2.75) is 32.2 Å². The number of nitrogens with one attached hydrogen (secondary N) is 1. The van der Waals surface area contributed by atoms with Gasteiger partial charge in [-0.2, -0.15) is 0 Å². The van der Waals surface area contributed by atoms with Gasteiger partial charge < -0.3 is 5.32 Å². The topological polar surface area (TPSA) is 45.2 Å². The molecule has 2 aromatic rings. The van der Waals surface area contributed by atoms with Gasteiger partial charge in [0.2, 0.25) is 5.91 Å². The Balaban J connectivity index is 1.51. The van der Waals surface area contributed by atoms with Gasteiger partial charge in [-0.15, -0.1) is 11.3 Å². The predicted octanol–water partition coefficient (Wildman–Crippen LogP) is 3.48. The molecular formula is C17H21N3OS. The third-order valence-corrected chi connectivity index (χ3v) is 4.89. The molecule has 1 aromatic heterocycles. The van der Waals surface area contributed by atoms with Crippen LogP contribution in [0.3, 0.4) is 0 Å². The van der Waals surface area contributed by atoms with Crippen LogP contribution in [-0.4, -0.2) is 28.9 Å². The Morgan fingerprint density at radius 1 is 1.32 bits per heavy atom. The van der Waals surface area contributed by atoms with Crippen LogP contribution < -0.4 is 5.32 Å². The SMILES string of the molecule is CC(=O)Nc1nc(CN2CCC(c3ccccc3)CC2)cs1. The number of nitrogens with zero attached hydrogens (tertiary/aromatic N) is 2. The summed E-state index contributed by atoms with van der Waals surface area (Å²) in [7, 11) is 0. The lowest BCUT2D eigenvalue weighted by Gasteiger charge is -2.31. The van der Waals surface area contributed by atoms with E-state index >= 15 is 0 Å². The number of thiazole rings is 1. The van der Waals surface area contributed by atoms with Gasteiger partial charge in [0.15, 0.2) is 5.13 Å². The van der Waals surface area contributed by atoms with E-state index in [9.17, 15) is 4.79 Å². The van der Waals surface area contributed by atoms with Crippen molar-refractivity contribution >= 4 is 22.4 Å². The minimum atomic E-state index is -0.0652. The van der Waals surface area contributed by atoms with Gasteiger partial charge in [0, 0.05) is 18.8 Å². The molecule has 0 atom stereocenters. The minimum absolute atomic E-state index is 0.0652. The zero-order valence-corrected chi connectivity index (χ0v) is 13.6. The number of aromatic nitrogens is 1. The highest BCUT2D eigenvalue weighted by Gasteiger charge is 2.21. The van der Waals surface area contributed by atoms with Gasteiger partial charge in [-0.05, 0) is 37.4 Å². The fraction of sp³-hybridized carbons (Fsp3) is 0.412. The van der Waals surface area contributed by atoms with E-state index in [1.165, 1.54) is 36.7 Å². The number of benzene rings is 1. The Kier molecular flexibility index (Phi) is 4.85. The average Bonchev–Trinajstić information content (AvgIpc) is 2.95. The summed E-state index contributed by atoms with van der Waals surface area (Å²) in [6, 6.07) is 10.8. The van der Waals surface area contributed by atoms with Crippen molar-refractivity contribution in [1.29, 1.82) is 0 Å². The van der Waals surface area contributed by atoms with Gasteiger partial charge in [0.05, 0.1) is 5.69 Å². The Labute approximate surface area is 135 Å². The molecule has 3 rings (SSSR count). The molecule has 1 aliphatic heterocycles. The second-order valence-electron chi connectivity index (χ2n) is 5.79. The van der Waals surface area contributed by atoms with E-state index in [-0.39, 0.29) is 5.91 Å². The third kappa shape index (κ3) is 3.93. The van der Waals surface area contributed by atoms with Gasteiger partial charge in [0.25, 0.3) is 0 Å². The molecule has 0 saturated carbocycles. The highest BCUT2D eigenvalue weighted by atomic mass is 32.1. The molecule has 116 valence electrons. The van der Waals surface area contributed by atoms with Crippen molar-refractivity contribution in [2.75, 3.05) is 18.4 Å². The molecule has 2 heterocycles. The number of amides is 1. The van der Waals surface area contributed by atoms with Crippen molar-refractivity contribution in [2.24, 2.45) is 0 Å². The van der Waals surface area contributed by atoms with Crippen LogP contribution >= 0.6 is 11.3 Å². The quantitative estimate of drug-likeness (QED) is 0.939. The number of likely N-dealkylation sites (tertiary alicyclic amines) is 1. The van der Waals surface area contributed by atoms with Gasteiger partial charge in [0.1, 0.15) is 0 Å². The van der Waals surface area contributed by atoms with Crippen molar-refractivity contribution < 1.29 is 4.79 Å². The van der Waals surface area contributed by atoms with Crippen LogP contribution in [0.1, 0.15) is 36.9 Å². The summed E-state index contributed by atoms with van der Waals surface area (Å²) in [5.74, 6) is 0.618. The van der Waals surface area contributed by atoms with Crippen molar-refractivity contribution in [3.63, 3.8) is 0 Å². The molecule has 5 heteroatoms. The minimum Gasteiger partial charge on any atom is -0.302 e. The molecule has 1 aromatic carbocycles. The van der Waals surface area contributed by atoms with E-state index in [1.54, 1.807) is 0 Å². The van der Waals surface area contributed by atoms with Crippen LogP contribution in [0.25, 0.3) is 0 Å². The second-order valence-corrected chi connectivity index (χ2v) is 6.64. The molecule has 1 N–H and O–H groups in total. The first kappa shape index (κ1) is 15.2. The number of carbonyl (C=O) groups is 1. The molecule has 1 fully saturated rings. The zero-order valence-electron chi connectivity index (χ0n) is 12.8. The first-order valence-corrected chi connectivity index (χ1v) is 8.58. The normalized spacial score (nSPS) is 16.6. The molecule has 1 saturated heterocycles. The molecule has 4 nitrogen and oxygen atoms in total. The molecule has 1 amide bonds. The molecule has 0 unspecified atom stereocenters. The van der Waals surface area contributed by atoms with E-state index in [0.29, 0.717) is 11.0 Å². The zero-order chi connectivity index (χ0) is 15.4. The largest absolute Gasteiger partial charge is 0.302 e. The van der Waals surface area contributed by atoms with E-state index in [2.05, 4.69) is 45.5 Å². The van der Waals surface area contributed by atoms with Crippen molar-refractivity contribution in [3.05, 3.63) is 47.0 Å². The lowest BCUT2D eigenvalue weighted by atomic mass is 9.89.